The van der Waals surface area contributed by atoms with Crippen molar-refractivity contribution in [3.63, 3.8) is 0 Å². The van der Waals surface area contributed by atoms with Crippen molar-refractivity contribution < 1.29 is 8.42 Å². The van der Waals surface area contributed by atoms with E-state index >= 15 is 0 Å². The van der Waals surface area contributed by atoms with Crippen molar-refractivity contribution in [2.45, 2.75) is 13.0 Å². The van der Waals surface area contributed by atoms with Crippen LogP contribution in [0.2, 0.25) is 0 Å². The zero-order valence-corrected chi connectivity index (χ0v) is 13.8. The van der Waals surface area contributed by atoms with E-state index in [0.29, 0.717) is 29.6 Å². The second-order valence-corrected chi connectivity index (χ2v) is 8.48. The fourth-order valence-electron chi connectivity index (χ4n) is 2.88. The van der Waals surface area contributed by atoms with Gasteiger partial charge >= 0.3 is 10.2 Å². The highest BCUT2D eigenvalue weighted by Crippen LogP contribution is 2.24. The third kappa shape index (κ3) is 2.32. The molecule has 0 fully saturated rings. The Morgan fingerprint density at radius 1 is 0.957 bits per heavy atom. The molecule has 118 valence electrons. The van der Waals surface area contributed by atoms with E-state index in [2.05, 4.69) is 0 Å². The lowest BCUT2D eigenvalue weighted by molar-refractivity contribution is 0.387. The molecule has 23 heavy (non-hydrogen) atoms. The largest absolute Gasteiger partial charge is 0.319 e. The summed E-state index contributed by atoms with van der Waals surface area (Å²) in [5, 5.41) is 0.443. The van der Waals surface area contributed by atoms with E-state index in [1.165, 1.54) is 9.87 Å². The van der Waals surface area contributed by atoms with Gasteiger partial charge in [-0.25, -0.2) is 0 Å². The molecule has 0 unspecified atom stereocenters. The van der Waals surface area contributed by atoms with Gasteiger partial charge in [-0.2, -0.15) is 12.7 Å². The van der Waals surface area contributed by atoms with Gasteiger partial charge in [0.15, 0.2) is 0 Å². The first-order valence-electron chi connectivity index (χ1n) is 7.26. The molecule has 0 aliphatic carbocycles. The molecule has 5 nitrogen and oxygen atoms in total. The Kier molecular flexibility index (Phi) is 3.37. The van der Waals surface area contributed by atoms with E-state index in [9.17, 15) is 13.2 Å². The molecule has 0 saturated heterocycles. The van der Waals surface area contributed by atoms with Crippen LogP contribution in [0.1, 0.15) is 11.1 Å². The number of rotatable bonds is 2. The Hall–Kier alpha value is -1.96. The van der Waals surface area contributed by atoms with E-state index in [0.717, 1.165) is 20.5 Å². The Balaban J connectivity index is 1.79. The molecule has 0 saturated carbocycles. The molecule has 0 bridgehead atoms. The van der Waals surface area contributed by atoms with E-state index < -0.39 is 15.8 Å². The van der Waals surface area contributed by atoms with E-state index in [1.54, 1.807) is 24.3 Å². The van der Waals surface area contributed by atoms with Gasteiger partial charge in [-0.15, -0.1) is 3.36 Å². The minimum atomic E-state index is -3.84. The van der Waals surface area contributed by atoms with E-state index in [4.69, 9.17) is 0 Å². The number of fused-ring (bicyclic) bond motifs is 2. The quantitative estimate of drug-likeness (QED) is 0.715. The highest BCUT2D eigenvalue weighted by molar-refractivity contribution is 7.89. The first kappa shape index (κ1) is 14.6. The molecular formula is C16H14N2O3S2. The van der Waals surface area contributed by atoms with Crippen LogP contribution in [0.4, 0.5) is 0 Å². The number of hydrogen-bond acceptors (Lipinski definition) is 4. The fourth-order valence-corrected chi connectivity index (χ4v) is 5.67. The maximum atomic E-state index is 12.9. The van der Waals surface area contributed by atoms with Crippen molar-refractivity contribution in [1.82, 2.24) is 7.67 Å². The van der Waals surface area contributed by atoms with Gasteiger partial charge in [0.2, 0.25) is 0 Å². The minimum Gasteiger partial charge on any atom is -0.267 e. The molecule has 7 heteroatoms. The van der Waals surface area contributed by atoms with Crippen molar-refractivity contribution >= 4 is 31.8 Å². The van der Waals surface area contributed by atoms with Gasteiger partial charge in [-0.3, -0.25) is 4.79 Å². The van der Waals surface area contributed by atoms with Gasteiger partial charge in [-0.05, 0) is 41.2 Å². The van der Waals surface area contributed by atoms with Crippen LogP contribution < -0.4 is 5.56 Å². The van der Waals surface area contributed by atoms with Crippen LogP contribution in [0, 0.1) is 0 Å². The topological polar surface area (TPSA) is 59.4 Å². The molecule has 1 aliphatic rings. The molecule has 3 aromatic rings. The van der Waals surface area contributed by atoms with Crippen LogP contribution in [0.5, 0.6) is 0 Å². The van der Waals surface area contributed by atoms with Crippen LogP contribution in [0.25, 0.3) is 10.1 Å². The predicted octanol–water partition coefficient (Wildman–Crippen LogP) is 2.21. The van der Waals surface area contributed by atoms with Crippen LogP contribution in [0.3, 0.4) is 0 Å². The molecule has 0 spiro atoms. The second-order valence-electron chi connectivity index (χ2n) is 5.48. The lowest BCUT2D eigenvalue weighted by atomic mass is 10.0. The maximum absolute atomic E-state index is 12.9. The van der Waals surface area contributed by atoms with Gasteiger partial charge in [0.05, 0.1) is 10.1 Å². The molecule has 0 N–H and O–H groups in total. The summed E-state index contributed by atoms with van der Waals surface area (Å²) in [5.74, 6) is 0. The zero-order chi connectivity index (χ0) is 16.0. The van der Waals surface area contributed by atoms with Crippen molar-refractivity contribution in [3.05, 3.63) is 70.0 Å². The summed E-state index contributed by atoms with van der Waals surface area (Å²) < 4.78 is 28.7. The first-order chi connectivity index (χ1) is 11.1. The summed E-state index contributed by atoms with van der Waals surface area (Å²) in [6.07, 6.45) is 0.662. The Bertz CT molecular complexity index is 1050. The SMILES string of the molecule is O=c1c2ccccc2sn1S(=O)(=O)N1CCc2ccccc2C1. The predicted molar refractivity (Wildman–Crippen MR) is 91.0 cm³/mol. The molecule has 0 atom stereocenters. The number of hydrogen-bond donors (Lipinski definition) is 0. The van der Waals surface area contributed by atoms with Gasteiger partial charge in [0, 0.05) is 13.1 Å². The Morgan fingerprint density at radius 3 is 2.43 bits per heavy atom. The lowest BCUT2D eigenvalue weighted by Gasteiger charge is -2.27. The normalized spacial score (nSPS) is 15.7. The average molecular weight is 346 g/mol. The summed E-state index contributed by atoms with van der Waals surface area (Å²) >= 11 is 0.980. The third-order valence-electron chi connectivity index (χ3n) is 4.10. The molecular weight excluding hydrogens is 332 g/mol. The summed E-state index contributed by atoms with van der Waals surface area (Å²) in [7, 11) is -3.84. The van der Waals surface area contributed by atoms with Crippen molar-refractivity contribution in [1.29, 1.82) is 0 Å². The van der Waals surface area contributed by atoms with Gasteiger partial charge in [-0.1, -0.05) is 36.4 Å². The molecule has 2 aromatic carbocycles. The Labute approximate surface area is 137 Å². The Morgan fingerprint density at radius 2 is 1.65 bits per heavy atom. The standard InChI is InChI=1S/C16H14N2O3S2/c19-16-14-7-3-4-8-15(14)22-18(16)23(20,21)17-10-9-12-5-1-2-6-13(12)11-17/h1-8H,9-11H2. The monoisotopic (exact) mass is 346 g/mol. The summed E-state index contributed by atoms with van der Waals surface area (Å²) in [4.78, 5) is 12.4. The molecule has 1 aliphatic heterocycles. The molecule has 2 heterocycles. The van der Waals surface area contributed by atoms with E-state index in [-0.39, 0.29) is 0 Å². The number of benzene rings is 2. The van der Waals surface area contributed by atoms with Gasteiger partial charge in [0.25, 0.3) is 5.56 Å². The molecule has 0 amide bonds. The van der Waals surface area contributed by atoms with Crippen LogP contribution in [0.15, 0.2) is 53.3 Å². The van der Waals surface area contributed by atoms with Gasteiger partial charge < -0.3 is 0 Å². The highest BCUT2D eigenvalue weighted by atomic mass is 32.3. The lowest BCUT2D eigenvalue weighted by Crippen LogP contribution is -2.41. The summed E-state index contributed by atoms with van der Waals surface area (Å²) in [5.41, 5.74) is 1.70. The molecule has 4 rings (SSSR count). The maximum Gasteiger partial charge on any atom is 0.319 e. The van der Waals surface area contributed by atoms with Crippen LogP contribution >= 0.6 is 11.5 Å². The fraction of sp³-hybridized carbons (Fsp3) is 0.188. The number of nitrogens with zero attached hydrogens (tertiary/aromatic N) is 2. The second kappa shape index (κ2) is 5.30. The summed E-state index contributed by atoms with van der Waals surface area (Å²) in [6, 6.07) is 14.8. The van der Waals surface area contributed by atoms with E-state index in [1.807, 2.05) is 24.3 Å². The third-order valence-corrected chi connectivity index (χ3v) is 7.32. The minimum absolute atomic E-state index is 0.305. The van der Waals surface area contributed by atoms with Gasteiger partial charge in [0.1, 0.15) is 0 Å². The number of aromatic nitrogens is 1. The van der Waals surface area contributed by atoms with Crippen molar-refractivity contribution in [2.75, 3.05) is 6.54 Å². The average Bonchev–Trinajstić information content (AvgIpc) is 2.92. The highest BCUT2D eigenvalue weighted by Gasteiger charge is 2.30. The zero-order valence-electron chi connectivity index (χ0n) is 12.2. The van der Waals surface area contributed by atoms with Crippen molar-refractivity contribution in [3.8, 4) is 0 Å². The smallest absolute Gasteiger partial charge is 0.267 e. The molecule has 1 aromatic heterocycles. The first-order valence-corrected chi connectivity index (χ1v) is 9.43. The van der Waals surface area contributed by atoms with Crippen molar-refractivity contribution in [2.24, 2.45) is 0 Å². The molecule has 0 radical (unpaired) electrons. The van der Waals surface area contributed by atoms with Crippen LogP contribution in [-0.2, 0) is 23.2 Å². The van der Waals surface area contributed by atoms with Crippen LogP contribution in [-0.4, -0.2) is 22.6 Å². The summed E-state index contributed by atoms with van der Waals surface area (Å²) in [6.45, 7) is 0.694.